The Morgan fingerprint density at radius 1 is 1.20 bits per heavy atom. The lowest BCUT2D eigenvalue weighted by Gasteiger charge is -2.07. The predicted octanol–water partition coefficient (Wildman–Crippen LogP) is 2.30. The van der Waals surface area contributed by atoms with Crippen molar-refractivity contribution in [1.29, 1.82) is 0 Å². The van der Waals surface area contributed by atoms with Gasteiger partial charge < -0.3 is 11.1 Å². The number of nitrogens with two attached hydrogens (primary N) is 1. The molecule has 2 aromatic heterocycles. The highest BCUT2D eigenvalue weighted by Gasteiger charge is 2.05. The predicted molar refractivity (Wildman–Crippen MR) is 81.6 cm³/mol. The van der Waals surface area contributed by atoms with Crippen LogP contribution in [0.4, 0.5) is 5.69 Å². The Morgan fingerprint density at radius 2 is 2.10 bits per heavy atom. The van der Waals surface area contributed by atoms with Gasteiger partial charge in [0.05, 0.1) is 11.2 Å². The minimum absolute atomic E-state index is 0.602. The molecular weight excluding hydrogens is 250 g/mol. The van der Waals surface area contributed by atoms with E-state index in [1.165, 1.54) is 0 Å². The van der Waals surface area contributed by atoms with Crippen LogP contribution in [0.25, 0.3) is 22.0 Å². The molecule has 2 heterocycles. The van der Waals surface area contributed by atoms with Crippen molar-refractivity contribution < 1.29 is 0 Å². The molecule has 0 atom stereocenters. The summed E-state index contributed by atoms with van der Waals surface area (Å²) in [5.74, 6) is 0. The van der Waals surface area contributed by atoms with Gasteiger partial charge in [0.15, 0.2) is 0 Å². The van der Waals surface area contributed by atoms with Gasteiger partial charge >= 0.3 is 0 Å². The molecule has 20 heavy (non-hydrogen) atoms. The third kappa shape index (κ3) is 2.35. The highest BCUT2D eigenvalue weighted by molar-refractivity contribution is 5.86. The fourth-order valence-corrected chi connectivity index (χ4v) is 2.23. The van der Waals surface area contributed by atoms with Crippen LogP contribution in [0.3, 0.4) is 0 Å². The lowest BCUT2D eigenvalue weighted by molar-refractivity contribution is 1.02. The number of fused-ring (bicyclic) bond motifs is 1. The van der Waals surface area contributed by atoms with Gasteiger partial charge in [0, 0.05) is 42.1 Å². The van der Waals surface area contributed by atoms with Crippen LogP contribution >= 0.6 is 0 Å². The minimum Gasteiger partial charge on any atom is -0.383 e. The van der Waals surface area contributed by atoms with E-state index in [4.69, 9.17) is 5.73 Å². The average Bonchev–Trinajstić information content (AvgIpc) is 2.86. The van der Waals surface area contributed by atoms with E-state index >= 15 is 0 Å². The van der Waals surface area contributed by atoms with Crippen molar-refractivity contribution in [3.63, 3.8) is 0 Å². The number of benzene rings is 1. The number of nitrogens with one attached hydrogen (secondary N) is 2. The standard InChI is InChI=1S/C15H17N5/c1-10-14-7-11(2-3-15(14)20-19-10)12-6-13(9-17-8-12)18-5-4-16/h2-3,6-9,18H,4-5,16H2,1H3,(H,19,20). The summed E-state index contributed by atoms with van der Waals surface area (Å²) in [6, 6.07) is 8.30. The minimum atomic E-state index is 0.602. The molecule has 0 fully saturated rings. The molecule has 3 rings (SSSR count). The molecule has 102 valence electrons. The van der Waals surface area contributed by atoms with Crippen molar-refractivity contribution >= 4 is 16.6 Å². The third-order valence-corrected chi connectivity index (χ3v) is 3.29. The first kappa shape index (κ1) is 12.6. The van der Waals surface area contributed by atoms with E-state index in [0.29, 0.717) is 6.54 Å². The van der Waals surface area contributed by atoms with Crippen LogP contribution in [0.2, 0.25) is 0 Å². The van der Waals surface area contributed by atoms with Crippen LogP contribution < -0.4 is 11.1 Å². The van der Waals surface area contributed by atoms with E-state index in [-0.39, 0.29) is 0 Å². The van der Waals surface area contributed by atoms with Crippen LogP contribution in [-0.2, 0) is 0 Å². The molecule has 0 unspecified atom stereocenters. The van der Waals surface area contributed by atoms with Crippen molar-refractivity contribution in [3.05, 3.63) is 42.4 Å². The van der Waals surface area contributed by atoms with Crippen LogP contribution in [-0.4, -0.2) is 28.3 Å². The zero-order valence-corrected chi connectivity index (χ0v) is 11.4. The summed E-state index contributed by atoms with van der Waals surface area (Å²) in [7, 11) is 0. The number of aromatic nitrogens is 3. The monoisotopic (exact) mass is 267 g/mol. The Hall–Kier alpha value is -2.40. The number of hydrogen-bond donors (Lipinski definition) is 3. The highest BCUT2D eigenvalue weighted by Crippen LogP contribution is 2.26. The van der Waals surface area contributed by atoms with Crippen molar-refractivity contribution in [2.24, 2.45) is 5.73 Å². The molecule has 0 aliphatic heterocycles. The van der Waals surface area contributed by atoms with Crippen molar-refractivity contribution in [2.45, 2.75) is 6.92 Å². The fraction of sp³-hybridized carbons (Fsp3) is 0.200. The number of nitrogens with zero attached hydrogens (tertiary/aromatic N) is 2. The smallest absolute Gasteiger partial charge is 0.0924 e. The summed E-state index contributed by atoms with van der Waals surface area (Å²) in [4.78, 5) is 4.28. The number of rotatable bonds is 4. The van der Waals surface area contributed by atoms with Gasteiger partial charge in [0.25, 0.3) is 0 Å². The molecule has 5 nitrogen and oxygen atoms in total. The number of aryl methyl sites for hydroxylation is 1. The number of aromatic amines is 1. The van der Waals surface area contributed by atoms with E-state index < -0.39 is 0 Å². The molecule has 0 saturated heterocycles. The van der Waals surface area contributed by atoms with Crippen LogP contribution in [0.15, 0.2) is 36.7 Å². The topological polar surface area (TPSA) is 79.6 Å². The van der Waals surface area contributed by atoms with Gasteiger partial charge in [-0.05, 0) is 30.7 Å². The van der Waals surface area contributed by atoms with E-state index in [2.05, 4.69) is 38.7 Å². The fourth-order valence-electron chi connectivity index (χ4n) is 2.23. The largest absolute Gasteiger partial charge is 0.383 e. The van der Waals surface area contributed by atoms with Gasteiger partial charge in [0.2, 0.25) is 0 Å². The lowest BCUT2D eigenvalue weighted by Crippen LogP contribution is -2.13. The lowest BCUT2D eigenvalue weighted by atomic mass is 10.0. The number of hydrogen-bond acceptors (Lipinski definition) is 4. The maximum absolute atomic E-state index is 5.50. The molecule has 5 heteroatoms. The molecule has 0 bridgehead atoms. The Morgan fingerprint density at radius 3 is 2.95 bits per heavy atom. The van der Waals surface area contributed by atoms with Crippen LogP contribution in [0.5, 0.6) is 0 Å². The molecule has 0 aliphatic carbocycles. The maximum Gasteiger partial charge on any atom is 0.0924 e. The molecule has 1 aromatic carbocycles. The van der Waals surface area contributed by atoms with Gasteiger partial charge in [-0.1, -0.05) is 6.07 Å². The van der Waals surface area contributed by atoms with E-state index in [9.17, 15) is 0 Å². The van der Waals surface area contributed by atoms with Gasteiger partial charge in [-0.3, -0.25) is 10.1 Å². The molecule has 0 amide bonds. The van der Waals surface area contributed by atoms with Crippen LogP contribution in [0.1, 0.15) is 5.69 Å². The molecular formula is C15H17N5. The first-order chi connectivity index (χ1) is 9.78. The Kier molecular flexibility index (Phi) is 3.35. The molecule has 0 radical (unpaired) electrons. The van der Waals surface area contributed by atoms with Crippen LogP contribution in [0, 0.1) is 6.92 Å². The zero-order valence-electron chi connectivity index (χ0n) is 11.4. The van der Waals surface area contributed by atoms with E-state index in [1.807, 2.05) is 19.2 Å². The first-order valence-electron chi connectivity index (χ1n) is 6.62. The molecule has 0 aliphatic rings. The third-order valence-electron chi connectivity index (χ3n) is 3.29. The molecule has 0 saturated carbocycles. The Bertz CT molecular complexity index is 732. The van der Waals surface area contributed by atoms with Crippen molar-refractivity contribution in [1.82, 2.24) is 15.2 Å². The van der Waals surface area contributed by atoms with Crippen molar-refractivity contribution in [2.75, 3.05) is 18.4 Å². The normalized spacial score (nSPS) is 10.9. The quantitative estimate of drug-likeness (QED) is 0.677. The summed E-state index contributed by atoms with van der Waals surface area (Å²) >= 11 is 0. The van der Waals surface area contributed by atoms with Gasteiger partial charge in [-0.2, -0.15) is 5.10 Å². The molecule has 3 aromatic rings. The first-order valence-corrected chi connectivity index (χ1v) is 6.62. The average molecular weight is 267 g/mol. The van der Waals surface area contributed by atoms with Gasteiger partial charge in [-0.15, -0.1) is 0 Å². The number of pyridine rings is 1. The molecule has 0 spiro atoms. The number of anilines is 1. The van der Waals surface area contributed by atoms with E-state index in [1.54, 1.807) is 6.20 Å². The highest BCUT2D eigenvalue weighted by atomic mass is 15.1. The van der Waals surface area contributed by atoms with E-state index in [0.717, 1.165) is 40.0 Å². The SMILES string of the molecule is Cc1[nH]nc2ccc(-c3cncc(NCCN)c3)cc12. The summed E-state index contributed by atoms with van der Waals surface area (Å²) in [5, 5.41) is 11.6. The second-order valence-electron chi connectivity index (χ2n) is 4.76. The second-order valence-corrected chi connectivity index (χ2v) is 4.76. The second kappa shape index (κ2) is 5.30. The number of H-pyrrole nitrogens is 1. The maximum atomic E-state index is 5.50. The zero-order chi connectivity index (χ0) is 13.9. The Balaban J connectivity index is 1.99. The summed E-state index contributed by atoms with van der Waals surface area (Å²) in [6.07, 6.45) is 3.67. The van der Waals surface area contributed by atoms with Gasteiger partial charge in [0.1, 0.15) is 0 Å². The summed E-state index contributed by atoms with van der Waals surface area (Å²) in [6.45, 7) is 3.37. The van der Waals surface area contributed by atoms with Crippen molar-refractivity contribution in [3.8, 4) is 11.1 Å². The summed E-state index contributed by atoms with van der Waals surface area (Å²) in [5.41, 5.74) is 10.8. The van der Waals surface area contributed by atoms with Gasteiger partial charge in [-0.25, -0.2) is 0 Å². The molecule has 4 N–H and O–H groups in total. The summed E-state index contributed by atoms with van der Waals surface area (Å²) < 4.78 is 0. The Labute approximate surface area is 117 Å².